The minimum Gasteiger partial charge on any atom is -0.365 e. The van der Waals surface area contributed by atoms with E-state index in [0.717, 1.165) is 12.3 Å². The fourth-order valence-corrected chi connectivity index (χ4v) is 4.56. The summed E-state index contributed by atoms with van der Waals surface area (Å²) in [6.07, 6.45) is 2.61. The fourth-order valence-electron chi connectivity index (χ4n) is 3.69. The summed E-state index contributed by atoms with van der Waals surface area (Å²) in [5.74, 6) is -2.58. The lowest BCUT2D eigenvalue weighted by atomic mass is 9.94. The number of sulfone groups is 1. The second-order valence-electron chi connectivity index (χ2n) is 7.87. The number of carbonyl (C=O) groups is 2. The molecular weight excluding hydrogens is 505 g/mol. The lowest BCUT2D eigenvalue weighted by Gasteiger charge is -2.15. The van der Waals surface area contributed by atoms with Crippen LogP contribution >= 0.6 is 11.6 Å². The predicted octanol–water partition coefficient (Wildman–Crippen LogP) is 4.96. The quantitative estimate of drug-likeness (QED) is 0.370. The Hall–Kier alpha value is -4.08. The van der Waals surface area contributed by atoms with E-state index in [1.807, 2.05) is 0 Å². The van der Waals surface area contributed by atoms with Crippen LogP contribution in [0.15, 0.2) is 83.9 Å². The van der Waals surface area contributed by atoms with E-state index in [9.17, 15) is 22.4 Å². The summed E-state index contributed by atoms with van der Waals surface area (Å²) < 4.78 is 38.9. The van der Waals surface area contributed by atoms with Gasteiger partial charge in [-0.15, -0.1) is 0 Å². The van der Waals surface area contributed by atoms with Crippen LogP contribution in [0.1, 0.15) is 20.7 Å². The fraction of sp³-hybridized carbons (Fsp3) is 0.0385. The number of aromatic nitrogens is 1. The highest BCUT2D eigenvalue weighted by Crippen LogP contribution is 2.33. The molecule has 0 atom stereocenters. The van der Waals surface area contributed by atoms with E-state index in [1.54, 1.807) is 42.6 Å². The van der Waals surface area contributed by atoms with Crippen LogP contribution in [0, 0.1) is 5.82 Å². The lowest BCUT2D eigenvalue weighted by Crippen LogP contribution is -2.17. The Morgan fingerprint density at radius 3 is 2.39 bits per heavy atom. The van der Waals surface area contributed by atoms with Crippen LogP contribution in [0.2, 0.25) is 5.02 Å². The van der Waals surface area contributed by atoms with Crippen molar-refractivity contribution < 1.29 is 22.4 Å². The molecule has 182 valence electrons. The molecule has 3 aromatic carbocycles. The first-order valence-corrected chi connectivity index (χ1v) is 12.8. The van der Waals surface area contributed by atoms with Gasteiger partial charge in [-0.2, -0.15) is 0 Å². The Bertz CT molecular complexity index is 1610. The van der Waals surface area contributed by atoms with Gasteiger partial charge in [0.25, 0.3) is 11.8 Å². The smallest absolute Gasteiger partial charge is 0.256 e. The molecule has 7 nitrogen and oxygen atoms in total. The maximum absolute atomic E-state index is 14.5. The number of nitrogens with one attached hydrogen (secondary N) is 1. The van der Waals surface area contributed by atoms with Gasteiger partial charge in [0.1, 0.15) is 5.82 Å². The number of pyridine rings is 1. The zero-order valence-corrected chi connectivity index (χ0v) is 20.4. The van der Waals surface area contributed by atoms with Gasteiger partial charge in [-0.1, -0.05) is 29.8 Å². The van der Waals surface area contributed by atoms with Crippen molar-refractivity contribution in [2.24, 2.45) is 5.73 Å². The summed E-state index contributed by atoms with van der Waals surface area (Å²) in [6, 6.07) is 17.7. The van der Waals surface area contributed by atoms with Crippen LogP contribution in [-0.4, -0.2) is 31.5 Å². The molecule has 36 heavy (non-hydrogen) atoms. The first kappa shape index (κ1) is 25.0. The minimum absolute atomic E-state index is 0.00448. The van der Waals surface area contributed by atoms with E-state index in [1.165, 1.54) is 30.3 Å². The Balaban J connectivity index is 1.82. The van der Waals surface area contributed by atoms with Crippen LogP contribution in [-0.2, 0) is 9.84 Å². The van der Waals surface area contributed by atoms with Crippen LogP contribution < -0.4 is 11.1 Å². The Morgan fingerprint density at radius 1 is 0.944 bits per heavy atom. The van der Waals surface area contributed by atoms with E-state index in [4.69, 9.17) is 17.3 Å². The molecule has 2 amide bonds. The third-order valence-electron chi connectivity index (χ3n) is 5.38. The van der Waals surface area contributed by atoms with Crippen LogP contribution in [0.5, 0.6) is 0 Å². The number of amides is 2. The second-order valence-corrected chi connectivity index (χ2v) is 10.3. The largest absolute Gasteiger partial charge is 0.365 e. The van der Waals surface area contributed by atoms with Gasteiger partial charge in [0, 0.05) is 29.3 Å². The molecule has 0 aliphatic heterocycles. The Kier molecular flexibility index (Phi) is 6.87. The van der Waals surface area contributed by atoms with Gasteiger partial charge in [-0.05, 0) is 65.7 Å². The molecule has 4 rings (SSSR count). The monoisotopic (exact) mass is 523 g/mol. The molecule has 3 N–H and O–H groups in total. The van der Waals surface area contributed by atoms with Crippen molar-refractivity contribution in [3.63, 3.8) is 0 Å². The first-order chi connectivity index (χ1) is 17.1. The third-order valence-corrected chi connectivity index (χ3v) is 6.82. The molecular formula is C26H19ClFN3O4S. The molecule has 0 bridgehead atoms. The van der Waals surface area contributed by atoms with Crippen molar-refractivity contribution in [2.75, 3.05) is 11.6 Å². The van der Waals surface area contributed by atoms with Crippen molar-refractivity contribution >= 4 is 38.9 Å². The van der Waals surface area contributed by atoms with Gasteiger partial charge in [0.2, 0.25) is 0 Å². The maximum atomic E-state index is 14.5. The van der Waals surface area contributed by atoms with E-state index in [2.05, 4.69) is 10.3 Å². The average Bonchev–Trinajstić information content (AvgIpc) is 2.84. The van der Waals surface area contributed by atoms with Crippen molar-refractivity contribution in [3.8, 4) is 22.4 Å². The summed E-state index contributed by atoms with van der Waals surface area (Å²) in [6.45, 7) is 0. The number of nitrogens with two attached hydrogens (primary N) is 1. The van der Waals surface area contributed by atoms with Gasteiger partial charge in [0.05, 0.1) is 21.2 Å². The summed E-state index contributed by atoms with van der Waals surface area (Å²) in [5, 5.41) is 3.17. The Morgan fingerprint density at radius 2 is 1.72 bits per heavy atom. The molecule has 0 unspecified atom stereocenters. The highest BCUT2D eigenvalue weighted by molar-refractivity contribution is 7.90. The molecule has 4 aromatic rings. The van der Waals surface area contributed by atoms with E-state index >= 15 is 0 Å². The van der Waals surface area contributed by atoms with Crippen LogP contribution in [0.25, 0.3) is 22.4 Å². The molecule has 0 aliphatic rings. The number of anilines is 1. The van der Waals surface area contributed by atoms with E-state index in [-0.39, 0.29) is 21.6 Å². The molecule has 0 radical (unpaired) electrons. The van der Waals surface area contributed by atoms with Crippen molar-refractivity contribution in [1.82, 2.24) is 4.98 Å². The Labute approximate surface area is 211 Å². The summed E-state index contributed by atoms with van der Waals surface area (Å²) in [7, 11) is -3.68. The number of halogens is 2. The SMILES string of the molecule is CS(=O)(=O)c1ccc(C(=O)Nc2ccc(Cl)c(-c3ccccn3)c2)c(-c2cccc(F)c2C(N)=O)c1. The standard InChI is InChI=1S/C26H19ClFN3O4S/c1-36(34,35)16-9-10-18(19(14-16)17-5-4-6-22(28)24(17)25(29)32)26(33)31-15-8-11-21(27)20(13-15)23-7-2-3-12-30-23/h2-14H,1H3,(H2,29,32)(H,31,33). The summed E-state index contributed by atoms with van der Waals surface area (Å²) in [5.41, 5.74) is 6.54. The second kappa shape index (κ2) is 9.88. The predicted molar refractivity (Wildman–Crippen MR) is 136 cm³/mol. The minimum atomic E-state index is -3.68. The normalized spacial score (nSPS) is 11.2. The van der Waals surface area contributed by atoms with Crippen LogP contribution in [0.3, 0.4) is 0 Å². The van der Waals surface area contributed by atoms with Gasteiger partial charge in [0.15, 0.2) is 9.84 Å². The van der Waals surface area contributed by atoms with Crippen molar-refractivity contribution in [3.05, 3.63) is 101 Å². The summed E-state index contributed by atoms with van der Waals surface area (Å²) in [4.78, 5) is 29.5. The zero-order chi connectivity index (χ0) is 26.0. The average molecular weight is 524 g/mol. The number of benzene rings is 3. The number of nitrogens with zero attached hydrogens (tertiary/aromatic N) is 1. The van der Waals surface area contributed by atoms with Crippen molar-refractivity contribution in [2.45, 2.75) is 4.90 Å². The first-order valence-electron chi connectivity index (χ1n) is 10.5. The maximum Gasteiger partial charge on any atom is 0.256 e. The van der Waals surface area contributed by atoms with E-state index in [0.29, 0.717) is 22.0 Å². The van der Waals surface area contributed by atoms with Gasteiger partial charge in [-0.25, -0.2) is 12.8 Å². The topological polar surface area (TPSA) is 119 Å². The van der Waals surface area contributed by atoms with Gasteiger partial charge >= 0.3 is 0 Å². The summed E-state index contributed by atoms with van der Waals surface area (Å²) >= 11 is 6.32. The van der Waals surface area contributed by atoms with Crippen molar-refractivity contribution in [1.29, 1.82) is 0 Å². The third kappa shape index (κ3) is 5.12. The van der Waals surface area contributed by atoms with Crippen LogP contribution in [0.4, 0.5) is 10.1 Å². The highest BCUT2D eigenvalue weighted by Gasteiger charge is 2.23. The molecule has 1 heterocycles. The molecule has 0 saturated carbocycles. The number of hydrogen-bond acceptors (Lipinski definition) is 5. The van der Waals surface area contributed by atoms with Gasteiger partial charge < -0.3 is 11.1 Å². The van der Waals surface area contributed by atoms with E-state index < -0.39 is 33.0 Å². The highest BCUT2D eigenvalue weighted by atomic mass is 35.5. The van der Waals surface area contributed by atoms with Gasteiger partial charge in [-0.3, -0.25) is 14.6 Å². The number of hydrogen-bond donors (Lipinski definition) is 2. The number of rotatable bonds is 6. The molecule has 0 saturated heterocycles. The lowest BCUT2D eigenvalue weighted by molar-refractivity contribution is 0.0993. The molecule has 0 fully saturated rings. The number of carbonyl (C=O) groups excluding carboxylic acids is 2. The zero-order valence-electron chi connectivity index (χ0n) is 18.8. The molecule has 0 aliphatic carbocycles. The molecule has 0 spiro atoms. The molecule has 10 heteroatoms. The number of primary amides is 1. The molecule has 1 aromatic heterocycles.